The average molecular weight is 1980 g/mol. The number of anilines is 4. The van der Waals surface area contributed by atoms with Crippen LogP contribution in [0.25, 0.3) is 223 Å². The van der Waals surface area contributed by atoms with Gasteiger partial charge >= 0.3 is 0 Å². The van der Waals surface area contributed by atoms with Gasteiger partial charge in [0.25, 0.3) is 0 Å². The molecule has 4 aromatic carbocycles. The Bertz CT molecular complexity index is 9150. The molecular formula is C114H96N32O4. The van der Waals surface area contributed by atoms with E-state index in [1.54, 1.807) is 143 Å². The summed E-state index contributed by atoms with van der Waals surface area (Å²) in [6.45, 7) is 8.09. The molecular weight excluding hydrogens is 1880 g/mol. The maximum atomic E-state index is 12.8. The second-order valence-corrected chi connectivity index (χ2v) is 38.3. The largest absolute Gasteiger partial charge is 0.335 e. The van der Waals surface area contributed by atoms with Crippen molar-refractivity contribution in [3.63, 3.8) is 0 Å². The minimum Gasteiger partial charge on any atom is -0.335 e. The van der Waals surface area contributed by atoms with E-state index in [1.165, 1.54) is 6.42 Å². The molecule has 150 heavy (non-hydrogen) atoms. The third kappa shape index (κ3) is 20.0. The van der Waals surface area contributed by atoms with E-state index in [4.69, 9.17) is 19.9 Å². The topological polar surface area (TPSA) is 501 Å². The summed E-state index contributed by atoms with van der Waals surface area (Å²) >= 11 is 0. The van der Waals surface area contributed by atoms with Gasteiger partial charge < -0.3 is 41.2 Å². The van der Waals surface area contributed by atoms with Gasteiger partial charge in [-0.2, -0.15) is 20.4 Å². The number of carbonyl (C=O) groups is 4. The summed E-state index contributed by atoms with van der Waals surface area (Å²) in [7, 11) is 0. The Morgan fingerprint density at radius 1 is 0.287 bits per heavy atom. The fourth-order valence-corrected chi connectivity index (χ4v) is 18.9. The fourth-order valence-electron chi connectivity index (χ4n) is 18.9. The summed E-state index contributed by atoms with van der Waals surface area (Å²) in [6.07, 6.45) is 52.4. The Morgan fingerprint density at radius 2 is 0.567 bits per heavy atom. The number of H-pyrrole nitrogens is 8. The minimum absolute atomic E-state index is 0.0194. The number of rotatable bonds is 21. The Hall–Kier alpha value is -19.7. The van der Waals surface area contributed by atoms with Crippen LogP contribution >= 0.6 is 0 Å². The second-order valence-electron chi connectivity index (χ2n) is 38.3. The Kier molecular flexibility index (Phi) is 25.8. The molecule has 2 fully saturated rings. The number of amides is 4. The molecule has 0 bridgehead atoms. The number of hydrogen-bond acceptors (Lipinski definition) is 24. The van der Waals surface area contributed by atoms with Crippen LogP contribution in [0.2, 0.25) is 0 Å². The van der Waals surface area contributed by atoms with Gasteiger partial charge in [-0.05, 0) is 157 Å². The number of fused-ring (bicyclic) bond motifs is 8. The summed E-state index contributed by atoms with van der Waals surface area (Å²) in [5.41, 5.74) is 30.4. The summed E-state index contributed by atoms with van der Waals surface area (Å²) in [5.74, 6) is 2.90. The first-order chi connectivity index (χ1) is 73.5. The molecule has 0 atom stereocenters. The van der Waals surface area contributed by atoms with E-state index in [1.807, 2.05) is 155 Å². The molecule has 0 unspecified atom stereocenters. The molecule has 36 heteroatoms. The number of imidazole rings is 4. The van der Waals surface area contributed by atoms with Crippen LogP contribution in [0.5, 0.6) is 0 Å². The standard InChI is InChI=1S/C30H26N8O.C29H26N8O.C28H22N8O.C27H22N8O/c39-30(18-5-2-1-3-6-18)34-22-11-21(14-32-15-22)19-8-9-25-23(12-19)28(38-37-25)29-35-26-17-33-16-24(27(26)36-29)20-7-4-10-31-13-20;1-29(2,3)11-25(38)33-20-9-19(13-31-14-20)17-6-7-23-21(10-17)27(37-36-23)28-34-24-16-32-15-22(26(24)35-28)18-5-4-8-30-12-18;37-28(16-3-1-4-16)32-20-9-19(12-30-13-20)17-6-7-23-21(10-17)26(36-35-23)27-33-24-15-31-14-22(25(24)34-27)18-5-2-8-29-11-18;1-2-4-24(36)31-19-9-18(12-29-13-19)16-6-7-22-20(10-16)26(35-34-22)27-32-23-15-30-14-21(25(23)33-27)17-5-3-8-28-11-17/h4,7-18H,1-3,5-6H2,(H,34,39)(H,35,36)(H,37,38);4-10,12-16H,11H2,1-3H3,(H,33,38)(H,34,35)(H,36,37);2,5-16H,1,3-4H2,(H,32,37)(H,33,34)(H,35,36);3,5-15H,2,4H2,1H3,(H,31,36)(H,32,33)(H,34,35). The number of benzene rings is 4. The lowest BCUT2D eigenvalue weighted by Gasteiger charge is -2.24. The normalized spacial score (nSPS) is 12.7. The third-order valence-electron chi connectivity index (χ3n) is 26.6. The molecule has 12 N–H and O–H groups in total. The van der Waals surface area contributed by atoms with E-state index in [0.717, 1.165) is 234 Å². The smallest absolute Gasteiger partial charge is 0.227 e. The quantitative estimate of drug-likeness (QED) is 0.0318. The highest BCUT2D eigenvalue weighted by Gasteiger charge is 2.29. The zero-order valence-electron chi connectivity index (χ0n) is 81.7. The molecule has 0 saturated heterocycles. The first kappa shape index (κ1) is 93.9. The number of nitrogens with one attached hydrogen (secondary N) is 12. The van der Waals surface area contributed by atoms with E-state index in [-0.39, 0.29) is 40.9 Å². The summed E-state index contributed by atoms with van der Waals surface area (Å²) in [4.78, 5) is 135. The molecule has 4 amide bonds. The predicted molar refractivity (Wildman–Crippen MR) is 579 cm³/mol. The molecule has 2 saturated carbocycles. The minimum atomic E-state index is -0.0939. The highest BCUT2D eigenvalue weighted by Crippen LogP contribution is 2.42. The van der Waals surface area contributed by atoms with Crippen LogP contribution < -0.4 is 21.3 Å². The monoisotopic (exact) mass is 1980 g/mol. The van der Waals surface area contributed by atoms with Crippen LogP contribution in [0.3, 0.4) is 0 Å². The number of hydrogen-bond donors (Lipinski definition) is 12. The molecule has 20 heterocycles. The zero-order valence-corrected chi connectivity index (χ0v) is 81.7. The molecule has 736 valence electrons. The highest BCUT2D eigenvalue weighted by atomic mass is 16.2. The van der Waals surface area contributed by atoms with Crippen molar-refractivity contribution < 1.29 is 19.2 Å². The zero-order chi connectivity index (χ0) is 102. The van der Waals surface area contributed by atoms with E-state index in [9.17, 15) is 19.2 Å². The van der Waals surface area contributed by atoms with Crippen molar-refractivity contribution in [3.8, 4) is 135 Å². The van der Waals surface area contributed by atoms with Crippen molar-refractivity contribution >= 4 is 134 Å². The molecule has 26 rings (SSSR count). The maximum absolute atomic E-state index is 12.8. The van der Waals surface area contributed by atoms with Crippen molar-refractivity contribution in [2.45, 2.75) is 98.3 Å². The van der Waals surface area contributed by atoms with Crippen molar-refractivity contribution in [1.29, 1.82) is 0 Å². The van der Waals surface area contributed by atoms with Crippen LogP contribution in [0, 0.1) is 17.3 Å². The van der Waals surface area contributed by atoms with E-state index in [2.05, 4.69) is 166 Å². The molecule has 36 nitrogen and oxygen atoms in total. The van der Waals surface area contributed by atoms with Gasteiger partial charge in [-0.1, -0.05) is 102 Å². The maximum Gasteiger partial charge on any atom is 0.227 e. The van der Waals surface area contributed by atoms with Gasteiger partial charge in [0.15, 0.2) is 23.3 Å². The van der Waals surface area contributed by atoms with Gasteiger partial charge in [-0.15, -0.1) is 0 Å². The number of aromatic amines is 8. The van der Waals surface area contributed by atoms with Crippen LogP contribution in [0.4, 0.5) is 22.7 Å². The lowest BCUT2D eigenvalue weighted by molar-refractivity contribution is -0.122. The number of aromatic nitrogens is 28. The Labute approximate surface area is 855 Å². The Morgan fingerprint density at radius 3 is 0.840 bits per heavy atom. The van der Waals surface area contributed by atoms with Crippen molar-refractivity contribution in [3.05, 3.63) is 294 Å². The van der Waals surface area contributed by atoms with Crippen LogP contribution in [-0.4, -0.2) is 164 Å². The summed E-state index contributed by atoms with van der Waals surface area (Å²) < 4.78 is 0. The molecule has 2 aliphatic rings. The molecule has 0 aliphatic heterocycles. The van der Waals surface area contributed by atoms with Crippen molar-refractivity contribution in [1.82, 2.24) is 140 Å². The molecule has 20 aromatic heterocycles. The van der Waals surface area contributed by atoms with Gasteiger partial charge in [0.05, 0.1) is 116 Å². The third-order valence-corrected chi connectivity index (χ3v) is 26.6. The van der Waals surface area contributed by atoms with Crippen LogP contribution in [0.1, 0.15) is 98.3 Å². The average Bonchev–Trinajstić information content (AvgIpc) is 1.62. The van der Waals surface area contributed by atoms with E-state index < -0.39 is 0 Å². The fraction of sp³-hybridized carbons (Fsp3) is 0.158. The summed E-state index contributed by atoms with van der Waals surface area (Å²) in [6, 6.07) is 47.6. The Balaban J connectivity index is 0.000000110. The second kappa shape index (κ2) is 41.2. The number of pyridine rings is 12. The molecule has 24 aromatic rings. The lowest BCUT2D eigenvalue weighted by Crippen LogP contribution is -2.28. The van der Waals surface area contributed by atoms with Gasteiger partial charge in [-0.25, -0.2) is 19.9 Å². The first-order valence-corrected chi connectivity index (χ1v) is 49.4. The van der Waals surface area contributed by atoms with Crippen LogP contribution in [0.15, 0.2) is 294 Å². The van der Waals surface area contributed by atoms with Gasteiger partial charge in [0.2, 0.25) is 23.6 Å². The van der Waals surface area contributed by atoms with Crippen molar-refractivity contribution in [2.75, 3.05) is 21.3 Å². The van der Waals surface area contributed by atoms with Crippen molar-refractivity contribution in [2.24, 2.45) is 17.3 Å². The molecule has 2 aliphatic carbocycles. The van der Waals surface area contributed by atoms with Crippen LogP contribution in [-0.2, 0) is 19.2 Å². The highest BCUT2D eigenvalue weighted by molar-refractivity contribution is 6.05. The SMILES string of the molecule is CC(C)(C)CC(=O)Nc1cncc(-c2ccc3[nH]nc(-c4nc5c(-c6cccnc6)cncc5[nH]4)c3c2)c1.CCCC(=O)Nc1cncc(-c2ccc3[nH]nc(-c4nc5c(-c6cccnc6)cncc5[nH]4)c3c2)c1.O=C(Nc1cncc(-c2ccc3[nH]nc(-c4nc5c(-c6cccnc6)cncc5[nH]4)c3c2)c1)C1CCC1.O=C(Nc1cncc(-c2ccc3[nH]nc(-c4nc5c(-c6cccnc6)cncc5[nH]4)c3c2)c1)C1CCCCC1. The number of carbonyl (C=O) groups excluding carboxylic acids is 4. The van der Waals surface area contributed by atoms with E-state index in [0.29, 0.717) is 76.0 Å². The first-order valence-electron chi connectivity index (χ1n) is 49.4. The van der Waals surface area contributed by atoms with Gasteiger partial charge in [0.1, 0.15) is 44.8 Å². The summed E-state index contributed by atoms with van der Waals surface area (Å²) in [5, 5.41) is 46.4. The van der Waals surface area contributed by atoms with Gasteiger partial charge in [0, 0.05) is 212 Å². The molecule has 0 radical (unpaired) electrons. The number of nitrogens with zero attached hydrogens (tertiary/aromatic N) is 20. The lowest BCUT2D eigenvalue weighted by atomic mass is 9.85. The predicted octanol–water partition coefficient (Wildman–Crippen LogP) is 22.9. The van der Waals surface area contributed by atoms with Gasteiger partial charge in [-0.3, -0.25) is 99.4 Å². The molecule has 0 spiro atoms. The van der Waals surface area contributed by atoms with E-state index >= 15 is 0 Å².